The van der Waals surface area contributed by atoms with Crippen molar-refractivity contribution in [3.05, 3.63) is 53.8 Å². The number of hydrogen-bond acceptors (Lipinski definition) is 5. The molecule has 7 heteroatoms. The SMILES string of the molecule is COCCOc1ccc(S(=O)(=O)Oc2cccc(F)c2)cc1C. The number of rotatable bonds is 7. The third kappa shape index (κ3) is 4.67. The number of halogens is 1. The van der Waals surface area contributed by atoms with Crippen LogP contribution in [0.4, 0.5) is 4.39 Å². The second kappa shape index (κ2) is 7.43. The summed E-state index contributed by atoms with van der Waals surface area (Å²) in [5, 5.41) is 0. The first kappa shape index (κ1) is 17.2. The molecule has 0 aromatic heterocycles. The quantitative estimate of drug-likeness (QED) is 0.573. The van der Waals surface area contributed by atoms with Gasteiger partial charge in [-0.3, -0.25) is 0 Å². The van der Waals surface area contributed by atoms with E-state index in [9.17, 15) is 12.8 Å². The lowest BCUT2D eigenvalue weighted by Crippen LogP contribution is -2.11. The zero-order chi connectivity index (χ0) is 16.9. The van der Waals surface area contributed by atoms with Crippen molar-refractivity contribution in [1.29, 1.82) is 0 Å². The Hall–Kier alpha value is -2.12. The molecular formula is C16H17FO5S. The maximum Gasteiger partial charge on any atom is 0.339 e. The predicted octanol–water partition coefficient (Wildman–Crippen LogP) is 2.93. The summed E-state index contributed by atoms with van der Waals surface area (Å²) in [7, 11) is -2.48. The lowest BCUT2D eigenvalue weighted by molar-refractivity contribution is 0.146. The number of ether oxygens (including phenoxy) is 2. The molecule has 0 aliphatic rings. The third-order valence-electron chi connectivity index (χ3n) is 2.98. The van der Waals surface area contributed by atoms with Crippen molar-refractivity contribution < 1.29 is 26.5 Å². The molecule has 2 aromatic rings. The summed E-state index contributed by atoms with van der Waals surface area (Å²) in [6, 6.07) is 9.32. The van der Waals surface area contributed by atoms with Crippen LogP contribution in [0.15, 0.2) is 47.4 Å². The normalized spacial score (nSPS) is 11.3. The molecule has 0 aliphatic heterocycles. The van der Waals surface area contributed by atoms with E-state index >= 15 is 0 Å². The lowest BCUT2D eigenvalue weighted by atomic mass is 10.2. The fourth-order valence-corrected chi connectivity index (χ4v) is 2.88. The van der Waals surface area contributed by atoms with Crippen LogP contribution in [0.1, 0.15) is 5.56 Å². The molecule has 23 heavy (non-hydrogen) atoms. The van der Waals surface area contributed by atoms with E-state index in [2.05, 4.69) is 0 Å². The van der Waals surface area contributed by atoms with Gasteiger partial charge in [-0.15, -0.1) is 0 Å². The molecule has 0 N–H and O–H groups in total. The average molecular weight is 340 g/mol. The molecule has 2 aromatic carbocycles. The molecule has 0 heterocycles. The summed E-state index contributed by atoms with van der Waals surface area (Å²) in [5.41, 5.74) is 0.644. The van der Waals surface area contributed by atoms with Crippen molar-refractivity contribution >= 4 is 10.1 Å². The molecular weight excluding hydrogens is 323 g/mol. The predicted molar refractivity (Wildman–Crippen MR) is 82.8 cm³/mol. The van der Waals surface area contributed by atoms with Crippen LogP contribution < -0.4 is 8.92 Å². The fraction of sp³-hybridized carbons (Fsp3) is 0.250. The summed E-state index contributed by atoms with van der Waals surface area (Å²) in [6.45, 7) is 2.52. The molecule has 0 saturated carbocycles. The van der Waals surface area contributed by atoms with Crippen molar-refractivity contribution in [2.24, 2.45) is 0 Å². The van der Waals surface area contributed by atoms with Gasteiger partial charge < -0.3 is 13.7 Å². The van der Waals surface area contributed by atoms with Gasteiger partial charge in [-0.1, -0.05) is 6.07 Å². The largest absolute Gasteiger partial charge is 0.491 e. The van der Waals surface area contributed by atoms with E-state index in [0.717, 1.165) is 6.07 Å². The van der Waals surface area contributed by atoms with Crippen LogP contribution in [0, 0.1) is 12.7 Å². The van der Waals surface area contributed by atoms with E-state index in [-0.39, 0.29) is 10.6 Å². The molecule has 0 amide bonds. The number of aryl methyl sites for hydroxylation is 1. The maximum absolute atomic E-state index is 13.1. The topological polar surface area (TPSA) is 61.8 Å². The zero-order valence-corrected chi connectivity index (χ0v) is 13.6. The Morgan fingerprint density at radius 2 is 1.87 bits per heavy atom. The third-order valence-corrected chi connectivity index (χ3v) is 4.23. The Kier molecular flexibility index (Phi) is 5.57. The first-order chi connectivity index (χ1) is 10.9. The van der Waals surface area contributed by atoms with Crippen molar-refractivity contribution in [2.75, 3.05) is 20.3 Å². The van der Waals surface area contributed by atoms with Crippen molar-refractivity contribution in [2.45, 2.75) is 11.8 Å². The smallest absolute Gasteiger partial charge is 0.339 e. The summed E-state index contributed by atoms with van der Waals surface area (Å²) in [6.07, 6.45) is 0. The second-order valence-electron chi connectivity index (χ2n) is 4.76. The van der Waals surface area contributed by atoms with Gasteiger partial charge in [0.05, 0.1) is 6.61 Å². The van der Waals surface area contributed by atoms with Crippen LogP contribution in [0.5, 0.6) is 11.5 Å². The van der Waals surface area contributed by atoms with Gasteiger partial charge in [0.2, 0.25) is 0 Å². The monoisotopic (exact) mass is 340 g/mol. The first-order valence-corrected chi connectivity index (χ1v) is 8.25. The second-order valence-corrected chi connectivity index (χ2v) is 6.31. The van der Waals surface area contributed by atoms with E-state index in [0.29, 0.717) is 24.5 Å². The minimum absolute atomic E-state index is 0.0293. The van der Waals surface area contributed by atoms with E-state index in [1.165, 1.54) is 30.3 Å². The Balaban J connectivity index is 2.18. The number of methoxy groups -OCH3 is 1. The number of benzene rings is 2. The maximum atomic E-state index is 13.1. The van der Waals surface area contributed by atoms with Crippen molar-refractivity contribution in [3.63, 3.8) is 0 Å². The fourth-order valence-electron chi connectivity index (χ4n) is 1.87. The molecule has 0 atom stereocenters. The highest BCUT2D eigenvalue weighted by Crippen LogP contribution is 2.24. The van der Waals surface area contributed by atoms with Crippen LogP contribution in [-0.4, -0.2) is 28.7 Å². The molecule has 0 fully saturated rings. The lowest BCUT2D eigenvalue weighted by Gasteiger charge is -2.11. The molecule has 0 aliphatic carbocycles. The van der Waals surface area contributed by atoms with Gasteiger partial charge in [0, 0.05) is 13.2 Å². The van der Waals surface area contributed by atoms with Gasteiger partial charge in [0.1, 0.15) is 28.8 Å². The zero-order valence-electron chi connectivity index (χ0n) is 12.8. The standard InChI is InChI=1S/C16H17FO5S/c1-12-10-15(6-7-16(12)21-9-8-20-2)23(18,19)22-14-5-3-4-13(17)11-14/h3-7,10-11H,8-9H2,1-2H3. The molecule has 0 bridgehead atoms. The molecule has 124 valence electrons. The number of hydrogen-bond donors (Lipinski definition) is 0. The van der Waals surface area contributed by atoms with Crippen molar-refractivity contribution in [3.8, 4) is 11.5 Å². The Morgan fingerprint density at radius 3 is 2.52 bits per heavy atom. The average Bonchev–Trinajstić information content (AvgIpc) is 2.48. The summed E-state index contributed by atoms with van der Waals surface area (Å²) < 4.78 is 52.9. The van der Waals surface area contributed by atoms with E-state index in [1.54, 1.807) is 20.1 Å². The highest BCUT2D eigenvalue weighted by Gasteiger charge is 2.18. The Labute approximate surface area is 134 Å². The van der Waals surface area contributed by atoms with Gasteiger partial charge >= 0.3 is 10.1 Å². The van der Waals surface area contributed by atoms with E-state index in [1.807, 2.05) is 0 Å². The molecule has 0 unspecified atom stereocenters. The van der Waals surface area contributed by atoms with Gasteiger partial charge in [-0.25, -0.2) is 4.39 Å². The van der Waals surface area contributed by atoms with Crippen molar-refractivity contribution in [1.82, 2.24) is 0 Å². The summed E-state index contributed by atoms with van der Waals surface area (Å²) in [5.74, 6) is -0.0920. The van der Waals surface area contributed by atoms with E-state index < -0.39 is 15.9 Å². The van der Waals surface area contributed by atoms with Gasteiger partial charge in [-0.2, -0.15) is 8.42 Å². The van der Waals surface area contributed by atoms with Gasteiger partial charge in [0.25, 0.3) is 0 Å². The molecule has 0 saturated heterocycles. The Bertz CT molecular complexity index is 774. The highest BCUT2D eigenvalue weighted by molar-refractivity contribution is 7.87. The molecule has 5 nitrogen and oxygen atoms in total. The van der Waals surface area contributed by atoms with Crippen LogP contribution in [0.2, 0.25) is 0 Å². The highest BCUT2D eigenvalue weighted by atomic mass is 32.2. The van der Waals surface area contributed by atoms with Crippen LogP contribution >= 0.6 is 0 Å². The summed E-state index contributed by atoms with van der Waals surface area (Å²) >= 11 is 0. The minimum Gasteiger partial charge on any atom is -0.491 e. The summed E-state index contributed by atoms with van der Waals surface area (Å²) in [4.78, 5) is -0.0293. The molecule has 2 rings (SSSR count). The van der Waals surface area contributed by atoms with Crippen LogP contribution in [-0.2, 0) is 14.9 Å². The van der Waals surface area contributed by atoms with Crippen LogP contribution in [0.3, 0.4) is 0 Å². The van der Waals surface area contributed by atoms with Gasteiger partial charge in [0.15, 0.2) is 0 Å². The van der Waals surface area contributed by atoms with E-state index in [4.69, 9.17) is 13.7 Å². The first-order valence-electron chi connectivity index (χ1n) is 6.85. The Morgan fingerprint density at radius 1 is 1.09 bits per heavy atom. The molecule has 0 spiro atoms. The molecule has 0 radical (unpaired) electrons. The minimum atomic E-state index is -4.04. The van der Waals surface area contributed by atoms with Crippen LogP contribution in [0.25, 0.3) is 0 Å². The van der Waals surface area contributed by atoms with Gasteiger partial charge in [-0.05, 0) is 42.8 Å².